The zero-order valence-corrected chi connectivity index (χ0v) is 14.9. The number of ether oxygens (including phenoxy) is 4. The number of ketones is 1. The van der Waals surface area contributed by atoms with E-state index in [1.165, 1.54) is 0 Å². The summed E-state index contributed by atoms with van der Waals surface area (Å²) in [6.07, 6.45) is -0.536. The van der Waals surface area contributed by atoms with Crippen LogP contribution in [0.4, 0.5) is 0 Å². The maximum absolute atomic E-state index is 12.8. The first-order valence-electron chi connectivity index (χ1n) is 8.70. The fourth-order valence-corrected chi connectivity index (χ4v) is 2.92. The van der Waals surface area contributed by atoms with Gasteiger partial charge in [0.2, 0.25) is 0 Å². The van der Waals surface area contributed by atoms with Crippen LogP contribution in [0.1, 0.15) is 32.3 Å². The lowest BCUT2D eigenvalue weighted by Crippen LogP contribution is -2.49. The highest BCUT2D eigenvalue weighted by molar-refractivity contribution is 6.05. The molecule has 1 aromatic carbocycles. The summed E-state index contributed by atoms with van der Waals surface area (Å²) in [6.45, 7) is 5.14. The monoisotopic (exact) mass is 350 g/mol. The quantitative estimate of drug-likeness (QED) is 0.264. The van der Waals surface area contributed by atoms with Gasteiger partial charge in [0.1, 0.15) is 0 Å². The molecule has 0 amide bonds. The van der Waals surface area contributed by atoms with Crippen molar-refractivity contribution in [3.05, 3.63) is 35.9 Å². The Kier molecular flexibility index (Phi) is 7.55. The third-order valence-electron chi connectivity index (χ3n) is 4.21. The van der Waals surface area contributed by atoms with Crippen LogP contribution in [0, 0.1) is 5.41 Å². The van der Waals surface area contributed by atoms with Gasteiger partial charge in [0.25, 0.3) is 0 Å². The van der Waals surface area contributed by atoms with Crippen molar-refractivity contribution in [1.82, 2.24) is 0 Å². The van der Waals surface area contributed by atoms with E-state index in [1.807, 2.05) is 30.3 Å². The molecule has 0 bridgehead atoms. The maximum atomic E-state index is 12.8. The maximum Gasteiger partial charge on any atom is 0.325 e. The average molecular weight is 350 g/mol. The molecular weight excluding hydrogens is 324 g/mol. The summed E-state index contributed by atoms with van der Waals surface area (Å²) in [5.74, 6) is -0.817. The van der Waals surface area contributed by atoms with Gasteiger partial charge < -0.3 is 18.9 Å². The first-order chi connectivity index (χ1) is 12.1. The summed E-state index contributed by atoms with van der Waals surface area (Å²) in [5.41, 5.74) is -0.353. The van der Waals surface area contributed by atoms with Crippen molar-refractivity contribution in [3.8, 4) is 0 Å². The van der Waals surface area contributed by atoms with Crippen LogP contribution in [-0.2, 0) is 35.1 Å². The molecule has 1 aliphatic heterocycles. The number of benzene rings is 1. The predicted octanol–water partition coefficient (Wildman–Crippen LogP) is 2.49. The molecule has 0 aromatic heterocycles. The van der Waals surface area contributed by atoms with Crippen molar-refractivity contribution in [2.45, 2.75) is 39.6 Å². The van der Waals surface area contributed by atoms with E-state index in [9.17, 15) is 9.59 Å². The van der Waals surface area contributed by atoms with Gasteiger partial charge in [0, 0.05) is 26.1 Å². The molecule has 0 saturated carbocycles. The van der Waals surface area contributed by atoms with E-state index in [4.69, 9.17) is 18.9 Å². The van der Waals surface area contributed by atoms with Crippen molar-refractivity contribution in [3.63, 3.8) is 0 Å². The molecule has 1 fully saturated rings. The number of cyclic esters (lactones) is 1. The van der Waals surface area contributed by atoms with Crippen molar-refractivity contribution in [2.75, 3.05) is 26.4 Å². The molecule has 2 rings (SSSR count). The van der Waals surface area contributed by atoms with Crippen LogP contribution < -0.4 is 0 Å². The molecule has 1 atom stereocenters. The zero-order valence-electron chi connectivity index (χ0n) is 14.9. The van der Waals surface area contributed by atoms with E-state index >= 15 is 0 Å². The summed E-state index contributed by atoms with van der Waals surface area (Å²) >= 11 is 0. The number of rotatable bonds is 11. The Bertz CT molecular complexity index is 552. The van der Waals surface area contributed by atoms with Crippen LogP contribution in [-0.4, -0.2) is 44.5 Å². The molecule has 0 aliphatic carbocycles. The lowest BCUT2D eigenvalue weighted by molar-refractivity contribution is -0.207. The van der Waals surface area contributed by atoms with Crippen LogP contribution in [0.3, 0.4) is 0 Å². The Morgan fingerprint density at radius 2 is 1.88 bits per heavy atom. The van der Waals surface area contributed by atoms with Gasteiger partial charge in [0.15, 0.2) is 17.5 Å². The molecule has 1 heterocycles. The Balaban J connectivity index is 1.97. The third kappa shape index (κ3) is 4.66. The highest BCUT2D eigenvalue weighted by Crippen LogP contribution is 2.38. The lowest BCUT2D eigenvalue weighted by atomic mass is 9.79. The van der Waals surface area contributed by atoms with E-state index < -0.39 is 17.7 Å². The summed E-state index contributed by atoms with van der Waals surface area (Å²) in [6, 6.07) is 9.71. The Morgan fingerprint density at radius 1 is 1.20 bits per heavy atom. The minimum Gasteiger partial charge on any atom is -0.465 e. The first kappa shape index (κ1) is 19.6. The number of Topliss-reactive ketones (excluding diaryl/α,β-unsaturated/α-hetero) is 1. The number of hydrogen-bond donors (Lipinski definition) is 0. The molecule has 25 heavy (non-hydrogen) atoms. The second kappa shape index (κ2) is 9.65. The minimum absolute atomic E-state index is 0.110. The molecule has 6 nitrogen and oxygen atoms in total. The minimum atomic E-state index is -1.39. The lowest BCUT2D eigenvalue weighted by Gasteiger charge is -2.31. The molecule has 1 aromatic rings. The van der Waals surface area contributed by atoms with Gasteiger partial charge in [-0.05, 0) is 19.4 Å². The van der Waals surface area contributed by atoms with Gasteiger partial charge >= 0.3 is 5.97 Å². The molecule has 138 valence electrons. The van der Waals surface area contributed by atoms with Crippen molar-refractivity contribution >= 4 is 11.8 Å². The Labute approximate surface area is 148 Å². The predicted molar refractivity (Wildman–Crippen MR) is 90.8 cm³/mol. The van der Waals surface area contributed by atoms with Gasteiger partial charge in [-0.25, -0.2) is 0 Å². The smallest absolute Gasteiger partial charge is 0.325 e. The molecule has 0 radical (unpaired) electrons. The van der Waals surface area contributed by atoms with Gasteiger partial charge in [-0.1, -0.05) is 30.3 Å². The fraction of sp³-hybridized carbons (Fsp3) is 0.579. The third-order valence-corrected chi connectivity index (χ3v) is 4.21. The van der Waals surface area contributed by atoms with Crippen molar-refractivity contribution < 1.29 is 28.5 Å². The first-order valence-corrected chi connectivity index (χ1v) is 8.70. The SMILES string of the molecule is CCOC(OCC)C1(C(=O)CCOCc2ccccc2)CCOC1=O. The van der Waals surface area contributed by atoms with E-state index in [0.29, 0.717) is 19.8 Å². The zero-order chi connectivity index (χ0) is 18.1. The van der Waals surface area contributed by atoms with Gasteiger partial charge in [-0.3, -0.25) is 9.59 Å². The van der Waals surface area contributed by atoms with Crippen LogP contribution in [0.15, 0.2) is 30.3 Å². The summed E-state index contributed by atoms with van der Waals surface area (Å²) in [4.78, 5) is 25.2. The van der Waals surface area contributed by atoms with Crippen LogP contribution in [0.25, 0.3) is 0 Å². The van der Waals surface area contributed by atoms with E-state index in [1.54, 1.807) is 13.8 Å². The fourth-order valence-electron chi connectivity index (χ4n) is 2.92. The molecular formula is C19H26O6. The summed E-state index contributed by atoms with van der Waals surface area (Å²) in [7, 11) is 0. The number of carbonyl (C=O) groups is 2. The van der Waals surface area contributed by atoms with Gasteiger partial charge in [-0.15, -0.1) is 0 Å². The van der Waals surface area contributed by atoms with Crippen LogP contribution in [0.5, 0.6) is 0 Å². The topological polar surface area (TPSA) is 71.1 Å². The van der Waals surface area contributed by atoms with Gasteiger partial charge in [-0.2, -0.15) is 0 Å². The largest absolute Gasteiger partial charge is 0.465 e. The highest BCUT2D eigenvalue weighted by Gasteiger charge is 2.57. The molecule has 1 unspecified atom stereocenters. The van der Waals surface area contributed by atoms with Crippen LogP contribution >= 0.6 is 0 Å². The normalized spacial score (nSPS) is 20.0. The molecule has 6 heteroatoms. The van der Waals surface area contributed by atoms with E-state index in [2.05, 4.69) is 0 Å². The molecule has 0 N–H and O–H groups in total. The second-order valence-corrected chi connectivity index (χ2v) is 5.81. The van der Waals surface area contributed by atoms with Crippen molar-refractivity contribution in [1.29, 1.82) is 0 Å². The highest BCUT2D eigenvalue weighted by atomic mass is 16.7. The summed E-state index contributed by atoms with van der Waals surface area (Å²) in [5, 5.41) is 0. The molecule has 1 saturated heterocycles. The molecule has 0 spiro atoms. The van der Waals surface area contributed by atoms with E-state index in [0.717, 1.165) is 5.56 Å². The number of carbonyl (C=O) groups excluding carboxylic acids is 2. The standard InChI is InChI=1S/C19H26O6/c1-3-23-18(24-4-2)19(11-13-25-17(19)21)16(20)10-12-22-14-15-8-6-5-7-9-15/h5-9,18H,3-4,10-14H2,1-2H3. The Morgan fingerprint density at radius 3 is 2.44 bits per heavy atom. The average Bonchev–Trinajstić information content (AvgIpc) is 3.01. The number of hydrogen-bond acceptors (Lipinski definition) is 6. The summed E-state index contributed by atoms with van der Waals surface area (Å²) < 4.78 is 21.8. The van der Waals surface area contributed by atoms with Crippen LogP contribution in [0.2, 0.25) is 0 Å². The second-order valence-electron chi connectivity index (χ2n) is 5.81. The van der Waals surface area contributed by atoms with Crippen molar-refractivity contribution in [2.24, 2.45) is 5.41 Å². The number of esters is 1. The molecule has 1 aliphatic rings. The van der Waals surface area contributed by atoms with Gasteiger partial charge in [0.05, 0.1) is 19.8 Å². The Hall–Kier alpha value is -1.76. The van der Waals surface area contributed by atoms with E-state index in [-0.39, 0.29) is 31.8 Å².